The summed E-state index contributed by atoms with van der Waals surface area (Å²) in [5, 5.41) is 11.8. The van der Waals surface area contributed by atoms with Crippen LogP contribution < -0.4 is 5.32 Å². The van der Waals surface area contributed by atoms with E-state index >= 15 is 0 Å². The highest BCUT2D eigenvalue weighted by atomic mass is 16.4. The molecule has 0 saturated carbocycles. The standard InChI is InChI=1S/C13H18N2O3/c1-9(2)13(3,12(17)18)8-11(16)15-10-6-4-5-7-14-10/h4-7,9H,8H2,1-3H3,(H,17,18)(H,14,15,16). The molecule has 1 aromatic rings. The zero-order valence-electron chi connectivity index (χ0n) is 10.8. The summed E-state index contributed by atoms with van der Waals surface area (Å²) in [6, 6.07) is 5.15. The van der Waals surface area contributed by atoms with Crippen molar-refractivity contribution in [3.63, 3.8) is 0 Å². The van der Waals surface area contributed by atoms with Gasteiger partial charge in [0, 0.05) is 12.6 Å². The fraction of sp³-hybridized carbons (Fsp3) is 0.462. The fourth-order valence-corrected chi connectivity index (χ4v) is 1.48. The van der Waals surface area contributed by atoms with Crippen molar-refractivity contribution < 1.29 is 14.7 Å². The van der Waals surface area contributed by atoms with Gasteiger partial charge in [-0.2, -0.15) is 0 Å². The molecule has 0 aliphatic heterocycles. The van der Waals surface area contributed by atoms with Crippen LogP contribution in [0.2, 0.25) is 0 Å². The molecule has 5 heteroatoms. The van der Waals surface area contributed by atoms with Crippen LogP contribution in [0.4, 0.5) is 5.82 Å². The third-order valence-electron chi connectivity index (χ3n) is 3.22. The minimum Gasteiger partial charge on any atom is -0.481 e. The highest BCUT2D eigenvalue weighted by Gasteiger charge is 2.38. The van der Waals surface area contributed by atoms with E-state index in [1.807, 2.05) is 0 Å². The van der Waals surface area contributed by atoms with Gasteiger partial charge in [0.25, 0.3) is 0 Å². The minimum atomic E-state index is -1.07. The predicted molar refractivity (Wildman–Crippen MR) is 68.1 cm³/mol. The average molecular weight is 250 g/mol. The molecule has 1 heterocycles. The van der Waals surface area contributed by atoms with Crippen LogP contribution in [0, 0.1) is 11.3 Å². The van der Waals surface area contributed by atoms with E-state index < -0.39 is 11.4 Å². The molecular formula is C13H18N2O3. The largest absolute Gasteiger partial charge is 0.481 e. The van der Waals surface area contributed by atoms with Crippen molar-refractivity contribution in [3.8, 4) is 0 Å². The molecule has 0 bridgehead atoms. The smallest absolute Gasteiger partial charge is 0.310 e. The molecule has 0 aromatic carbocycles. The number of carboxylic acid groups (broad SMARTS) is 1. The third kappa shape index (κ3) is 3.29. The quantitative estimate of drug-likeness (QED) is 0.839. The predicted octanol–water partition coefficient (Wildman–Crippen LogP) is 2.16. The van der Waals surface area contributed by atoms with E-state index in [-0.39, 0.29) is 18.2 Å². The van der Waals surface area contributed by atoms with Crippen LogP contribution in [0.25, 0.3) is 0 Å². The van der Waals surface area contributed by atoms with E-state index in [0.717, 1.165) is 0 Å². The lowest BCUT2D eigenvalue weighted by Gasteiger charge is -2.28. The first kappa shape index (κ1) is 14.2. The topological polar surface area (TPSA) is 79.3 Å². The van der Waals surface area contributed by atoms with E-state index in [9.17, 15) is 14.7 Å². The van der Waals surface area contributed by atoms with Crippen LogP contribution in [0.5, 0.6) is 0 Å². The monoisotopic (exact) mass is 250 g/mol. The third-order valence-corrected chi connectivity index (χ3v) is 3.22. The normalized spacial score (nSPS) is 14.0. The number of pyridine rings is 1. The van der Waals surface area contributed by atoms with Gasteiger partial charge in [-0.1, -0.05) is 19.9 Å². The van der Waals surface area contributed by atoms with Gasteiger partial charge in [0.2, 0.25) is 5.91 Å². The number of nitrogens with zero attached hydrogens (tertiary/aromatic N) is 1. The number of hydrogen-bond acceptors (Lipinski definition) is 3. The van der Waals surface area contributed by atoms with Crippen molar-refractivity contribution in [1.82, 2.24) is 4.98 Å². The highest BCUT2D eigenvalue weighted by molar-refractivity contribution is 5.93. The first-order chi connectivity index (χ1) is 8.36. The summed E-state index contributed by atoms with van der Waals surface area (Å²) < 4.78 is 0. The summed E-state index contributed by atoms with van der Waals surface area (Å²) >= 11 is 0. The van der Waals surface area contributed by atoms with Gasteiger partial charge in [-0.05, 0) is 25.0 Å². The van der Waals surface area contributed by atoms with E-state index in [1.165, 1.54) is 0 Å². The average Bonchev–Trinajstić information content (AvgIpc) is 2.29. The molecule has 0 radical (unpaired) electrons. The Hall–Kier alpha value is -1.91. The summed E-state index contributed by atoms with van der Waals surface area (Å²) in [4.78, 5) is 27.0. The SMILES string of the molecule is CC(C)C(C)(CC(=O)Nc1ccccn1)C(=O)O. The van der Waals surface area contributed by atoms with Gasteiger partial charge in [-0.15, -0.1) is 0 Å². The van der Waals surface area contributed by atoms with E-state index in [0.29, 0.717) is 5.82 Å². The molecule has 18 heavy (non-hydrogen) atoms. The number of anilines is 1. The van der Waals surface area contributed by atoms with Crippen molar-refractivity contribution in [2.45, 2.75) is 27.2 Å². The number of hydrogen-bond donors (Lipinski definition) is 2. The van der Waals surface area contributed by atoms with Crippen molar-refractivity contribution in [2.75, 3.05) is 5.32 Å². The van der Waals surface area contributed by atoms with Gasteiger partial charge in [-0.25, -0.2) is 4.98 Å². The molecule has 0 aliphatic carbocycles. The van der Waals surface area contributed by atoms with Crippen LogP contribution in [-0.4, -0.2) is 22.0 Å². The second-order valence-corrected chi connectivity index (χ2v) is 4.82. The summed E-state index contributed by atoms with van der Waals surface area (Å²) in [5.41, 5.74) is -1.07. The second kappa shape index (κ2) is 5.62. The Kier molecular flexibility index (Phi) is 4.42. The summed E-state index contributed by atoms with van der Waals surface area (Å²) in [5.74, 6) is -1.01. The molecule has 2 N–H and O–H groups in total. The molecule has 0 spiro atoms. The number of carboxylic acids is 1. The zero-order chi connectivity index (χ0) is 13.8. The highest BCUT2D eigenvalue weighted by Crippen LogP contribution is 2.31. The van der Waals surface area contributed by atoms with Gasteiger partial charge >= 0.3 is 5.97 Å². The van der Waals surface area contributed by atoms with Gasteiger partial charge in [0.1, 0.15) is 5.82 Å². The lowest BCUT2D eigenvalue weighted by atomic mass is 9.76. The Balaban J connectivity index is 2.72. The molecule has 1 unspecified atom stereocenters. The number of carbonyl (C=O) groups is 2. The Morgan fingerprint density at radius 1 is 1.44 bits per heavy atom. The fourth-order valence-electron chi connectivity index (χ4n) is 1.48. The zero-order valence-corrected chi connectivity index (χ0v) is 10.8. The van der Waals surface area contributed by atoms with E-state index in [2.05, 4.69) is 10.3 Å². The Morgan fingerprint density at radius 3 is 2.56 bits per heavy atom. The number of carbonyl (C=O) groups excluding carboxylic acids is 1. The van der Waals surface area contributed by atoms with Gasteiger partial charge < -0.3 is 10.4 Å². The molecule has 5 nitrogen and oxygen atoms in total. The van der Waals surface area contributed by atoms with Gasteiger partial charge in [0.05, 0.1) is 5.41 Å². The lowest BCUT2D eigenvalue weighted by Crippen LogP contribution is -2.37. The first-order valence-electron chi connectivity index (χ1n) is 5.80. The Bertz CT molecular complexity index is 431. The second-order valence-electron chi connectivity index (χ2n) is 4.82. The molecular weight excluding hydrogens is 232 g/mol. The molecule has 1 amide bonds. The lowest BCUT2D eigenvalue weighted by molar-refractivity contribution is -0.153. The maximum atomic E-state index is 11.8. The van der Waals surface area contributed by atoms with Crippen LogP contribution in [0.3, 0.4) is 0 Å². The van der Waals surface area contributed by atoms with Crippen LogP contribution in [-0.2, 0) is 9.59 Å². The van der Waals surface area contributed by atoms with E-state index in [4.69, 9.17) is 0 Å². The first-order valence-corrected chi connectivity index (χ1v) is 5.80. The number of rotatable bonds is 5. The molecule has 1 atom stereocenters. The number of amides is 1. The number of nitrogens with one attached hydrogen (secondary N) is 1. The summed E-state index contributed by atoms with van der Waals surface area (Å²) in [7, 11) is 0. The van der Waals surface area contributed by atoms with Crippen molar-refractivity contribution in [1.29, 1.82) is 0 Å². The molecule has 0 saturated heterocycles. The van der Waals surface area contributed by atoms with E-state index in [1.54, 1.807) is 45.2 Å². The Labute approximate surface area is 106 Å². The number of aromatic nitrogens is 1. The molecule has 0 aliphatic rings. The van der Waals surface area contributed by atoms with Crippen LogP contribution >= 0.6 is 0 Å². The van der Waals surface area contributed by atoms with Crippen molar-refractivity contribution >= 4 is 17.7 Å². The number of aliphatic carboxylic acids is 1. The maximum Gasteiger partial charge on any atom is 0.310 e. The van der Waals surface area contributed by atoms with Crippen molar-refractivity contribution in [3.05, 3.63) is 24.4 Å². The molecule has 1 aromatic heterocycles. The Morgan fingerprint density at radius 2 is 2.11 bits per heavy atom. The molecule has 0 fully saturated rings. The minimum absolute atomic E-state index is 0.0728. The molecule has 1 rings (SSSR count). The van der Waals surface area contributed by atoms with Crippen LogP contribution in [0.15, 0.2) is 24.4 Å². The maximum absolute atomic E-state index is 11.8. The molecule has 98 valence electrons. The van der Waals surface area contributed by atoms with Crippen LogP contribution in [0.1, 0.15) is 27.2 Å². The summed E-state index contributed by atoms with van der Waals surface area (Å²) in [6.45, 7) is 5.17. The summed E-state index contributed by atoms with van der Waals surface area (Å²) in [6.07, 6.45) is 1.49. The van der Waals surface area contributed by atoms with Gasteiger partial charge in [-0.3, -0.25) is 9.59 Å². The van der Waals surface area contributed by atoms with Crippen molar-refractivity contribution in [2.24, 2.45) is 11.3 Å². The van der Waals surface area contributed by atoms with Gasteiger partial charge in [0.15, 0.2) is 0 Å².